The predicted octanol–water partition coefficient (Wildman–Crippen LogP) is 3.73. The van der Waals surface area contributed by atoms with Gasteiger partial charge in [0.05, 0.1) is 11.0 Å². The molecule has 0 N–H and O–H groups in total. The number of fused-ring (bicyclic) bond motifs is 3. The Bertz CT molecular complexity index is 646. The van der Waals surface area contributed by atoms with Gasteiger partial charge in [-0.05, 0) is 12.1 Å². The van der Waals surface area contributed by atoms with E-state index in [4.69, 9.17) is 0 Å². The molecule has 0 aliphatic heterocycles. The third-order valence-corrected chi connectivity index (χ3v) is 2.76. The Morgan fingerprint density at radius 3 is 1.75 bits per heavy atom. The van der Waals surface area contributed by atoms with Crippen molar-refractivity contribution in [3.05, 3.63) is 48.5 Å². The number of rotatable bonds is 0. The highest BCUT2D eigenvalue weighted by molar-refractivity contribution is 6.12. The molecule has 0 aliphatic rings. The van der Waals surface area contributed by atoms with Crippen LogP contribution in [0.1, 0.15) is 0 Å². The summed E-state index contributed by atoms with van der Waals surface area (Å²) in [6.07, 6.45) is -1.45. The molecule has 0 aliphatic carbocycles. The maximum absolute atomic E-state index is 13.1. The minimum absolute atomic E-state index is 0.608. The molecule has 3 heteroatoms. The van der Waals surface area contributed by atoms with Gasteiger partial charge < -0.3 is 0 Å². The van der Waals surface area contributed by atoms with Gasteiger partial charge in [0.1, 0.15) is 0 Å². The molecule has 3 aromatic rings. The van der Waals surface area contributed by atoms with Crippen molar-refractivity contribution in [3.8, 4) is 0 Å². The minimum atomic E-state index is -1.45. The van der Waals surface area contributed by atoms with Crippen LogP contribution in [0.5, 0.6) is 0 Å². The predicted molar refractivity (Wildman–Crippen MR) is 61.3 cm³/mol. The molecule has 0 atom stereocenters. The van der Waals surface area contributed by atoms with Gasteiger partial charge in [-0.2, -0.15) is 0 Å². The number of hydrogen-bond acceptors (Lipinski definition) is 1. The Labute approximate surface area is 90.9 Å². The summed E-state index contributed by atoms with van der Waals surface area (Å²) in [4.78, 5) is 11.0. The zero-order valence-corrected chi connectivity index (χ0v) is 8.35. The van der Waals surface area contributed by atoms with E-state index in [0.29, 0.717) is 11.0 Å². The second kappa shape index (κ2) is 3.17. The van der Waals surface area contributed by atoms with Crippen LogP contribution in [-0.4, -0.2) is 10.7 Å². The molecule has 0 unspecified atom stereocenters. The van der Waals surface area contributed by atoms with E-state index in [9.17, 15) is 9.18 Å². The molecule has 0 saturated heterocycles. The average Bonchev–Trinajstić information content (AvgIpc) is 2.63. The van der Waals surface area contributed by atoms with Crippen LogP contribution in [0.4, 0.5) is 9.18 Å². The average molecular weight is 213 g/mol. The molecule has 78 valence electrons. The van der Waals surface area contributed by atoms with Crippen LogP contribution in [0.15, 0.2) is 48.5 Å². The number of carbonyl (C=O) groups excluding carboxylic acids is 1. The van der Waals surface area contributed by atoms with E-state index in [2.05, 4.69) is 0 Å². The first-order valence-corrected chi connectivity index (χ1v) is 4.97. The molecule has 3 rings (SSSR count). The van der Waals surface area contributed by atoms with Crippen molar-refractivity contribution in [1.82, 2.24) is 4.57 Å². The summed E-state index contributed by atoms with van der Waals surface area (Å²) in [6, 6.07) is 14.6. The van der Waals surface area contributed by atoms with Gasteiger partial charge in [-0.3, -0.25) is 4.57 Å². The van der Waals surface area contributed by atoms with Gasteiger partial charge >= 0.3 is 6.16 Å². The summed E-state index contributed by atoms with van der Waals surface area (Å²) in [5.74, 6) is 0. The molecule has 1 heterocycles. The number of aromatic nitrogens is 1. The van der Waals surface area contributed by atoms with Crippen molar-refractivity contribution in [2.75, 3.05) is 0 Å². The first-order valence-electron chi connectivity index (χ1n) is 4.97. The van der Waals surface area contributed by atoms with Crippen molar-refractivity contribution in [3.63, 3.8) is 0 Å². The fraction of sp³-hybridized carbons (Fsp3) is 0. The van der Waals surface area contributed by atoms with Crippen molar-refractivity contribution in [2.24, 2.45) is 0 Å². The van der Waals surface area contributed by atoms with Crippen LogP contribution in [0.3, 0.4) is 0 Å². The molecule has 2 aromatic carbocycles. The molecule has 0 amide bonds. The number of benzene rings is 2. The standard InChI is InChI=1S/C13H8FNO/c14-13(16)15-11-7-3-1-5-9(11)10-6-2-4-8-12(10)15/h1-8H. The molecule has 0 fully saturated rings. The Balaban J connectivity index is 2.64. The van der Waals surface area contributed by atoms with Crippen LogP contribution in [-0.2, 0) is 0 Å². The molecule has 2 nitrogen and oxygen atoms in total. The largest absolute Gasteiger partial charge is 0.409 e. The maximum Gasteiger partial charge on any atom is 0.409 e. The lowest BCUT2D eigenvalue weighted by Crippen LogP contribution is -2.01. The van der Waals surface area contributed by atoms with E-state index in [1.54, 1.807) is 24.3 Å². The van der Waals surface area contributed by atoms with Crippen molar-refractivity contribution >= 4 is 28.0 Å². The number of halogens is 1. The molecule has 0 saturated carbocycles. The quantitative estimate of drug-likeness (QED) is 0.521. The lowest BCUT2D eigenvalue weighted by atomic mass is 10.2. The lowest BCUT2D eigenvalue weighted by Gasteiger charge is -1.97. The first kappa shape index (κ1) is 9.09. The monoisotopic (exact) mass is 213 g/mol. The van der Waals surface area contributed by atoms with Crippen LogP contribution in [0.25, 0.3) is 21.8 Å². The highest BCUT2D eigenvalue weighted by Crippen LogP contribution is 2.28. The Hall–Kier alpha value is -2.16. The normalized spacial score (nSPS) is 11.1. The lowest BCUT2D eigenvalue weighted by molar-refractivity contribution is 0.225. The summed E-state index contributed by atoms with van der Waals surface area (Å²) in [6.45, 7) is 0. The fourth-order valence-corrected chi connectivity index (χ4v) is 2.11. The van der Waals surface area contributed by atoms with Crippen LogP contribution in [0, 0.1) is 0 Å². The Morgan fingerprint density at radius 2 is 1.31 bits per heavy atom. The summed E-state index contributed by atoms with van der Waals surface area (Å²) >= 11 is 0. The Morgan fingerprint density at radius 1 is 0.875 bits per heavy atom. The third-order valence-electron chi connectivity index (χ3n) is 2.76. The Kier molecular flexibility index (Phi) is 1.80. The maximum atomic E-state index is 13.1. The second-order valence-electron chi connectivity index (χ2n) is 3.62. The first-order chi connectivity index (χ1) is 7.79. The van der Waals surface area contributed by atoms with Crippen molar-refractivity contribution in [2.45, 2.75) is 0 Å². The van der Waals surface area contributed by atoms with Crippen molar-refractivity contribution in [1.29, 1.82) is 0 Å². The topological polar surface area (TPSA) is 22.0 Å². The third kappa shape index (κ3) is 1.08. The fourth-order valence-electron chi connectivity index (χ4n) is 2.11. The van der Waals surface area contributed by atoms with Gasteiger partial charge in [-0.25, -0.2) is 4.79 Å². The van der Waals surface area contributed by atoms with Crippen LogP contribution >= 0.6 is 0 Å². The minimum Gasteiger partial charge on any atom is -0.252 e. The van der Waals surface area contributed by atoms with Gasteiger partial charge in [0.2, 0.25) is 0 Å². The molecular formula is C13H8FNO. The molecular weight excluding hydrogens is 205 g/mol. The van der Waals surface area contributed by atoms with E-state index >= 15 is 0 Å². The smallest absolute Gasteiger partial charge is 0.252 e. The van der Waals surface area contributed by atoms with Crippen molar-refractivity contribution < 1.29 is 9.18 Å². The van der Waals surface area contributed by atoms with Gasteiger partial charge in [-0.15, -0.1) is 4.39 Å². The number of carbonyl (C=O) groups is 1. The van der Waals surface area contributed by atoms with Gasteiger partial charge in [0.25, 0.3) is 0 Å². The van der Waals surface area contributed by atoms with E-state index in [-0.39, 0.29) is 0 Å². The summed E-state index contributed by atoms with van der Waals surface area (Å²) < 4.78 is 14.2. The summed E-state index contributed by atoms with van der Waals surface area (Å²) in [5, 5.41) is 1.79. The number of nitrogens with zero attached hydrogens (tertiary/aromatic N) is 1. The molecule has 0 spiro atoms. The van der Waals surface area contributed by atoms with Crippen LogP contribution in [0.2, 0.25) is 0 Å². The SMILES string of the molecule is O=C(F)n1c2ccccc2c2ccccc21. The molecule has 1 aromatic heterocycles. The number of para-hydroxylation sites is 2. The van der Waals surface area contributed by atoms with Gasteiger partial charge in [0.15, 0.2) is 0 Å². The zero-order valence-electron chi connectivity index (χ0n) is 8.35. The van der Waals surface area contributed by atoms with Crippen LogP contribution < -0.4 is 0 Å². The van der Waals surface area contributed by atoms with E-state index < -0.39 is 6.16 Å². The molecule has 0 bridgehead atoms. The van der Waals surface area contributed by atoms with Gasteiger partial charge in [-0.1, -0.05) is 36.4 Å². The zero-order chi connectivity index (χ0) is 11.1. The molecule has 16 heavy (non-hydrogen) atoms. The second-order valence-corrected chi connectivity index (χ2v) is 3.62. The van der Waals surface area contributed by atoms with E-state index in [1.165, 1.54) is 0 Å². The van der Waals surface area contributed by atoms with E-state index in [0.717, 1.165) is 15.3 Å². The highest BCUT2D eigenvalue weighted by Gasteiger charge is 2.13. The molecule has 0 radical (unpaired) electrons. The summed E-state index contributed by atoms with van der Waals surface area (Å²) in [5.41, 5.74) is 1.22. The van der Waals surface area contributed by atoms with E-state index in [1.807, 2.05) is 24.3 Å². The highest BCUT2D eigenvalue weighted by atomic mass is 19.1. The summed E-state index contributed by atoms with van der Waals surface area (Å²) in [7, 11) is 0. The van der Waals surface area contributed by atoms with Gasteiger partial charge in [0, 0.05) is 10.8 Å². The number of hydrogen-bond donors (Lipinski definition) is 0.